The highest BCUT2D eigenvalue weighted by molar-refractivity contribution is 5.87. The number of rotatable bonds is 0. The number of hydrogen-bond donors (Lipinski definition) is 1. The molecule has 2 saturated carbocycles. The zero-order valence-corrected chi connectivity index (χ0v) is 13.9. The number of hydrogen-bond acceptors (Lipinski definition) is 2. The van der Waals surface area contributed by atoms with Gasteiger partial charge in [-0.3, -0.25) is 4.99 Å². The Hall–Kier alpha value is -1.15. The topological polar surface area (TPSA) is 24.4 Å². The number of para-hydroxylation sites is 1. The minimum absolute atomic E-state index is 0.164. The molecule has 1 aromatic rings. The van der Waals surface area contributed by atoms with Crippen LogP contribution in [0.5, 0.6) is 0 Å². The van der Waals surface area contributed by atoms with E-state index in [-0.39, 0.29) is 5.41 Å². The minimum Gasteiger partial charge on any atom is -0.308 e. The molecule has 1 spiro atoms. The summed E-state index contributed by atoms with van der Waals surface area (Å²) in [6, 6.07) is 9.49. The molecule has 5 rings (SSSR count). The van der Waals surface area contributed by atoms with Crippen molar-refractivity contribution in [1.82, 2.24) is 5.32 Å². The molecule has 0 radical (unpaired) electrons. The summed E-state index contributed by atoms with van der Waals surface area (Å²) >= 11 is 0. The Kier molecular flexibility index (Phi) is 2.32. The van der Waals surface area contributed by atoms with E-state index in [2.05, 4.69) is 56.6 Å². The van der Waals surface area contributed by atoms with E-state index >= 15 is 0 Å². The summed E-state index contributed by atoms with van der Waals surface area (Å²) in [5, 5.41) is 4.03. The molecule has 0 amide bonds. The summed E-state index contributed by atoms with van der Waals surface area (Å²) in [6.45, 7) is 7.39. The predicted octanol–water partition coefficient (Wildman–Crippen LogP) is 4.22. The maximum Gasteiger partial charge on any atom is 0.0667 e. The first-order valence-corrected chi connectivity index (χ1v) is 8.89. The molecule has 116 valence electrons. The number of fused-ring (bicyclic) bond motifs is 4. The molecular formula is C20H26N2. The van der Waals surface area contributed by atoms with Gasteiger partial charge in [-0.05, 0) is 68.4 Å². The number of nitrogens with one attached hydrogen (secondary N) is 1. The van der Waals surface area contributed by atoms with Gasteiger partial charge in [0.2, 0.25) is 0 Å². The van der Waals surface area contributed by atoms with Crippen LogP contribution in [-0.2, 0) is 5.41 Å². The molecule has 22 heavy (non-hydrogen) atoms. The van der Waals surface area contributed by atoms with Gasteiger partial charge in [0.25, 0.3) is 0 Å². The first-order chi connectivity index (χ1) is 10.5. The van der Waals surface area contributed by atoms with Crippen molar-refractivity contribution in [3.05, 3.63) is 29.8 Å². The molecular weight excluding hydrogens is 268 g/mol. The largest absolute Gasteiger partial charge is 0.308 e. The molecule has 1 N–H and O–H groups in total. The highest BCUT2D eigenvalue weighted by Gasteiger charge is 2.66. The van der Waals surface area contributed by atoms with Crippen LogP contribution in [0.2, 0.25) is 0 Å². The third-order valence-electron chi connectivity index (χ3n) is 7.80. The monoisotopic (exact) mass is 294 g/mol. The van der Waals surface area contributed by atoms with Gasteiger partial charge < -0.3 is 5.32 Å². The van der Waals surface area contributed by atoms with Crippen molar-refractivity contribution in [2.45, 2.75) is 63.5 Å². The number of aliphatic imine (C=N–C) groups is 1. The summed E-state index contributed by atoms with van der Waals surface area (Å²) in [4.78, 5) is 4.84. The first-order valence-electron chi connectivity index (χ1n) is 8.89. The van der Waals surface area contributed by atoms with Crippen molar-refractivity contribution < 1.29 is 0 Å². The molecule has 0 aromatic heterocycles. The van der Waals surface area contributed by atoms with E-state index in [4.69, 9.17) is 4.99 Å². The van der Waals surface area contributed by atoms with Gasteiger partial charge in [-0.1, -0.05) is 25.1 Å². The molecule has 2 bridgehead atoms. The maximum absolute atomic E-state index is 4.84. The van der Waals surface area contributed by atoms with Crippen molar-refractivity contribution in [2.24, 2.45) is 22.2 Å². The van der Waals surface area contributed by atoms with E-state index in [0.29, 0.717) is 17.0 Å². The average molecular weight is 294 g/mol. The molecule has 3 fully saturated rings. The lowest BCUT2D eigenvalue weighted by molar-refractivity contribution is -0.00299. The van der Waals surface area contributed by atoms with Crippen LogP contribution in [0.3, 0.4) is 0 Å². The molecule has 2 heteroatoms. The molecule has 5 atom stereocenters. The van der Waals surface area contributed by atoms with Crippen molar-refractivity contribution in [1.29, 1.82) is 0 Å². The Labute approximate surface area is 133 Å². The van der Waals surface area contributed by atoms with Crippen LogP contribution < -0.4 is 5.32 Å². The lowest BCUT2D eigenvalue weighted by Crippen LogP contribution is -2.61. The molecule has 1 aromatic carbocycles. The van der Waals surface area contributed by atoms with Crippen LogP contribution in [-0.4, -0.2) is 17.8 Å². The highest BCUT2D eigenvalue weighted by atomic mass is 15.1. The fourth-order valence-electron chi connectivity index (χ4n) is 6.46. The van der Waals surface area contributed by atoms with Gasteiger partial charge in [0.05, 0.1) is 5.69 Å². The summed E-state index contributed by atoms with van der Waals surface area (Å²) < 4.78 is 0. The van der Waals surface area contributed by atoms with E-state index in [9.17, 15) is 0 Å². The molecule has 4 aliphatic rings. The third kappa shape index (κ3) is 1.34. The molecule has 1 unspecified atom stereocenters. The molecule has 2 nitrogen and oxygen atoms in total. The second kappa shape index (κ2) is 3.84. The second-order valence-electron chi connectivity index (χ2n) is 8.92. The zero-order valence-electron chi connectivity index (χ0n) is 13.9. The number of piperidine rings is 1. The Morgan fingerprint density at radius 1 is 1.18 bits per heavy atom. The predicted molar refractivity (Wildman–Crippen MR) is 90.8 cm³/mol. The Bertz CT molecular complexity index is 676. The Morgan fingerprint density at radius 3 is 2.86 bits per heavy atom. The summed E-state index contributed by atoms with van der Waals surface area (Å²) in [5.41, 5.74) is 3.53. The second-order valence-corrected chi connectivity index (χ2v) is 8.92. The summed E-state index contributed by atoms with van der Waals surface area (Å²) in [6.07, 6.45) is 7.66. The van der Waals surface area contributed by atoms with Crippen LogP contribution >= 0.6 is 0 Å². The third-order valence-corrected chi connectivity index (χ3v) is 7.80. The van der Waals surface area contributed by atoms with Gasteiger partial charge in [-0.2, -0.15) is 0 Å². The molecule has 2 heterocycles. The van der Waals surface area contributed by atoms with Gasteiger partial charge in [0.15, 0.2) is 0 Å². The normalized spacial score (nSPS) is 47.0. The molecule has 1 saturated heterocycles. The molecule has 2 aliphatic carbocycles. The van der Waals surface area contributed by atoms with Crippen molar-refractivity contribution >= 4 is 11.9 Å². The first kappa shape index (κ1) is 13.3. The van der Waals surface area contributed by atoms with Crippen molar-refractivity contribution in [3.8, 4) is 0 Å². The summed E-state index contributed by atoms with van der Waals surface area (Å²) in [7, 11) is 0. The van der Waals surface area contributed by atoms with Gasteiger partial charge >= 0.3 is 0 Å². The number of benzene rings is 1. The van der Waals surface area contributed by atoms with E-state index in [0.717, 1.165) is 11.8 Å². The van der Waals surface area contributed by atoms with Crippen molar-refractivity contribution in [2.75, 3.05) is 0 Å². The van der Waals surface area contributed by atoms with Crippen LogP contribution in [0, 0.1) is 17.3 Å². The van der Waals surface area contributed by atoms with Gasteiger partial charge in [-0.15, -0.1) is 0 Å². The fraction of sp³-hybridized carbons (Fsp3) is 0.650. The van der Waals surface area contributed by atoms with Crippen LogP contribution in [0.25, 0.3) is 0 Å². The SMILES string of the molecule is CC1(C)N[C@@H]2C[C@]3(C=Nc4ccccc43)[C@]3(C)CC[C@H]1CC23. The van der Waals surface area contributed by atoms with Gasteiger partial charge in [0, 0.05) is 23.2 Å². The van der Waals surface area contributed by atoms with E-state index in [1.54, 1.807) is 0 Å². The van der Waals surface area contributed by atoms with Crippen LogP contribution in [0.1, 0.15) is 52.0 Å². The zero-order chi connectivity index (χ0) is 15.2. The minimum atomic E-state index is 0.164. The lowest BCUT2D eigenvalue weighted by atomic mass is 9.53. The van der Waals surface area contributed by atoms with Gasteiger partial charge in [0.1, 0.15) is 0 Å². The Balaban J connectivity index is 1.68. The summed E-state index contributed by atoms with van der Waals surface area (Å²) in [5.74, 6) is 1.64. The lowest BCUT2D eigenvalue weighted by Gasteiger charge is -2.55. The highest BCUT2D eigenvalue weighted by Crippen LogP contribution is 2.67. The fourth-order valence-corrected chi connectivity index (χ4v) is 6.46. The molecule has 2 aliphatic heterocycles. The van der Waals surface area contributed by atoms with Crippen molar-refractivity contribution in [3.63, 3.8) is 0 Å². The van der Waals surface area contributed by atoms with E-state index in [1.165, 1.54) is 36.9 Å². The van der Waals surface area contributed by atoms with Crippen LogP contribution in [0.15, 0.2) is 29.3 Å². The van der Waals surface area contributed by atoms with E-state index < -0.39 is 0 Å². The van der Waals surface area contributed by atoms with E-state index in [1.807, 2.05) is 0 Å². The standard InChI is InChI=1S/C20H26N2/c1-18(2)13-8-9-19(3)15(10-13)17(22-18)11-20(19)12-21-16-7-5-4-6-14(16)20/h4-7,12-13,15,17,22H,8-11H2,1-3H3/t13-,15?,17+,19+,20+/m0/s1. The van der Waals surface area contributed by atoms with Gasteiger partial charge in [-0.25, -0.2) is 0 Å². The average Bonchev–Trinajstić information content (AvgIpc) is 2.98. The quantitative estimate of drug-likeness (QED) is 0.761. The smallest absolute Gasteiger partial charge is 0.0667 e. The number of nitrogens with zero attached hydrogens (tertiary/aromatic N) is 1. The van der Waals surface area contributed by atoms with Crippen LogP contribution in [0.4, 0.5) is 5.69 Å². The maximum atomic E-state index is 4.84. The Morgan fingerprint density at radius 2 is 2.00 bits per heavy atom.